The lowest BCUT2D eigenvalue weighted by Gasteiger charge is -2.07. The topological polar surface area (TPSA) is 56.0 Å². The quantitative estimate of drug-likeness (QED) is 0.746. The second-order valence-corrected chi connectivity index (χ2v) is 2.95. The molecule has 0 fully saturated rings. The number of hydrogen-bond donors (Lipinski definition) is 1. The highest BCUT2D eigenvalue weighted by Crippen LogP contribution is 1.99. The maximum atomic E-state index is 11.2. The molecule has 0 saturated carbocycles. The molecule has 0 saturated heterocycles. The third kappa shape index (κ3) is 2.95. The van der Waals surface area contributed by atoms with Crippen LogP contribution in [-0.2, 0) is 11.2 Å². The highest BCUT2D eigenvalue weighted by atomic mass is 16.1. The summed E-state index contributed by atoms with van der Waals surface area (Å²) in [6.07, 6.45) is 2.74. The highest BCUT2D eigenvalue weighted by molar-refractivity contribution is 5.83. The van der Waals surface area contributed by atoms with E-state index in [0.29, 0.717) is 12.8 Å². The molecule has 0 bridgehead atoms. The van der Waals surface area contributed by atoms with Crippen molar-refractivity contribution in [2.45, 2.75) is 25.8 Å². The fourth-order valence-electron chi connectivity index (χ4n) is 1.12. The van der Waals surface area contributed by atoms with Gasteiger partial charge in [-0.2, -0.15) is 0 Å². The zero-order chi connectivity index (χ0) is 9.68. The minimum atomic E-state index is -0.403. The Balaban J connectivity index is 2.55. The van der Waals surface area contributed by atoms with Crippen molar-refractivity contribution in [3.8, 4) is 0 Å². The number of nitrogens with two attached hydrogens (primary N) is 1. The van der Waals surface area contributed by atoms with Crippen LogP contribution in [0.15, 0.2) is 24.4 Å². The van der Waals surface area contributed by atoms with Gasteiger partial charge in [-0.05, 0) is 12.1 Å². The zero-order valence-corrected chi connectivity index (χ0v) is 7.73. The van der Waals surface area contributed by atoms with Gasteiger partial charge in [0.2, 0.25) is 0 Å². The fourth-order valence-corrected chi connectivity index (χ4v) is 1.12. The van der Waals surface area contributed by atoms with Gasteiger partial charge >= 0.3 is 0 Å². The first-order valence-corrected chi connectivity index (χ1v) is 4.42. The number of nitrogens with zero attached hydrogens (tertiary/aromatic N) is 1. The van der Waals surface area contributed by atoms with Gasteiger partial charge in [0.05, 0.1) is 6.04 Å². The van der Waals surface area contributed by atoms with E-state index in [1.165, 1.54) is 0 Å². The van der Waals surface area contributed by atoms with Gasteiger partial charge in [-0.3, -0.25) is 9.78 Å². The van der Waals surface area contributed by atoms with Crippen LogP contribution in [0.1, 0.15) is 19.0 Å². The Bertz CT molecular complexity index is 272. The summed E-state index contributed by atoms with van der Waals surface area (Å²) in [6, 6.07) is 5.21. The zero-order valence-electron chi connectivity index (χ0n) is 7.73. The van der Waals surface area contributed by atoms with Gasteiger partial charge in [0, 0.05) is 24.7 Å². The van der Waals surface area contributed by atoms with Gasteiger partial charge in [-0.1, -0.05) is 13.0 Å². The summed E-state index contributed by atoms with van der Waals surface area (Å²) in [5, 5.41) is 0. The van der Waals surface area contributed by atoms with Gasteiger partial charge < -0.3 is 5.73 Å². The van der Waals surface area contributed by atoms with Gasteiger partial charge in [-0.25, -0.2) is 0 Å². The van der Waals surface area contributed by atoms with Crippen molar-refractivity contribution in [1.29, 1.82) is 0 Å². The van der Waals surface area contributed by atoms with Crippen LogP contribution in [0.4, 0.5) is 0 Å². The Hall–Kier alpha value is -1.22. The number of rotatable bonds is 4. The first kappa shape index (κ1) is 9.86. The summed E-state index contributed by atoms with van der Waals surface area (Å²) in [5.74, 6) is 0.0886. The number of Topliss-reactive ketones (excluding diaryl/α,β-unsaturated/α-hetero) is 1. The molecule has 0 amide bonds. The summed E-state index contributed by atoms with van der Waals surface area (Å²) in [7, 11) is 0. The van der Waals surface area contributed by atoms with Gasteiger partial charge in [0.15, 0.2) is 0 Å². The molecule has 70 valence electrons. The van der Waals surface area contributed by atoms with Crippen LogP contribution in [0.25, 0.3) is 0 Å². The number of aromatic nitrogens is 1. The molecule has 0 spiro atoms. The third-order valence-electron chi connectivity index (χ3n) is 1.92. The predicted molar refractivity (Wildman–Crippen MR) is 51.2 cm³/mol. The minimum absolute atomic E-state index is 0.0886. The van der Waals surface area contributed by atoms with Crippen molar-refractivity contribution in [2.24, 2.45) is 5.73 Å². The average Bonchev–Trinajstić information content (AvgIpc) is 2.18. The van der Waals surface area contributed by atoms with Crippen LogP contribution in [-0.4, -0.2) is 16.8 Å². The van der Waals surface area contributed by atoms with Gasteiger partial charge in [0.25, 0.3) is 0 Å². The van der Waals surface area contributed by atoms with Crippen molar-refractivity contribution < 1.29 is 4.79 Å². The van der Waals surface area contributed by atoms with E-state index in [0.717, 1.165) is 5.69 Å². The van der Waals surface area contributed by atoms with Gasteiger partial charge in [0.1, 0.15) is 5.78 Å². The summed E-state index contributed by atoms with van der Waals surface area (Å²) < 4.78 is 0. The number of hydrogen-bond acceptors (Lipinski definition) is 3. The van der Waals surface area contributed by atoms with Crippen molar-refractivity contribution >= 4 is 5.78 Å². The first-order valence-electron chi connectivity index (χ1n) is 4.42. The molecule has 1 rings (SSSR count). The fraction of sp³-hybridized carbons (Fsp3) is 0.400. The van der Waals surface area contributed by atoms with E-state index < -0.39 is 6.04 Å². The Labute approximate surface area is 78.0 Å². The second kappa shape index (κ2) is 4.72. The summed E-state index contributed by atoms with van der Waals surface area (Å²) in [5.41, 5.74) is 6.54. The molecule has 3 nitrogen and oxygen atoms in total. The maximum Gasteiger partial charge on any atom is 0.149 e. The lowest BCUT2D eigenvalue weighted by atomic mass is 10.1. The van der Waals surface area contributed by atoms with E-state index in [9.17, 15) is 4.79 Å². The van der Waals surface area contributed by atoms with E-state index in [4.69, 9.17) is 5.73 Å². The largest absolute Gasteiger partial charge is 0.321 e. The normalized spacial score (nSPS) is 12.5. The number of pyridine rings is 1. The predicted octanol–water partition coefficient (Wildman–Crippen LogP) is 0.930. The smallest absolute Gasteiger partial charge is 0.149 e. The molecule has 1 heterocycles. The van der Waals surface area contributed by atoms with Crippen LogP contribution in [0.3, 0.4) is 0 Å². The van der Waals surface area contributed by atoms with Crippen LogP contribution in [0.5, 0.6) is 0 Å². The van der Waals surface area contributed by atoms with Crippen molar-refractivity contribution in [3.63, 3.8) is 0 Å². The standard InChI is InChI=1S/C10H14N2O/c1-2-10(13)9(11)7-8-5-3-4-6-12-8/h3-6,9H,2,7,11H2,1H3. The third-order valence-corrected chi connectivity index (χ3v) is 1.92. The SMILES string of the molecule is CCC(=O)C(N)Cc1ccccn1. The summed E-state index contributed by atoms with van der Waals surface area (Å²) in [4.78, 5) is 15.3. The monoisotopic (exact) mass is 178 g/mol. The molecule has 0 aromatic carbocycles. The van der Waals surface area contributed by atoms with Crippen LogP contribution in [0.2, 0.25) is 0 Å². The average molecular weight is 178 g/mol. The minimum Gasteiger partial charge on any atom is -0.321 e. The molecule has 1 unspecified atom stereocenters. The highest BCUT2D eigenvalue weighted by Gasteiger charge is 2.11. The first-order chi connectivity index (χ1) is 6.24. The maximum absolute atomic E-state index is 11.2. The van der Waals surface area contributed by atoms with Crippen molar-refractivity contribution in [2.75, 3.05) is 0 Å². The molecule has 3 heteroatoms. The number of ketones is 1. The van der Waals surface area contributed by atoms with Crippen LogP contribution in [0, 0.1) is 0 Å². The van der Waals surface area contributed by atoms with E-state index in [1.54, 1.807) is 6.20 Å². The summed E-state index contributed by atoms with van der Waals surface area (Å²) >= 11 is 0. The van der Waals surface area contributed by atoms with E-state index in [-0.39, 0.29) is 5.78 Å². The van der Waals surface area contributed by atoms with Crippen LogP contribution < -0.4 is 5.73 Å². The van der Waals surface area contributed by atoms with E-state index >= 15 is 0 Å². The molecule has 1 aromatic rings. The van der Waals surface area contributed by atoms with Crippen molar-refractivity contribution in [3.05, 3.63) is 30.1 Å². The molecule has 0 aliphatic carbocycles. The van der Waals surface area contributed by atoms with Crippen LogP contribution >= 0.6 is 0 Å². The molecule has 0 radical (unpaired) electrons. The van der Waals surface area contributed by atoms with E-state index in [2.05, 4.69) is 4.98 Å². The Morgan fingerprint density at radius 3 is 2.92 bits per heavy atom. The summed E-state index contributed by atoms with van der Waals surface area (Å²) in [6.45, 7) is 1.82. The lowest BCUT2D eigenvalue weighted by molar-refractivity contribution is -0.119. The molecule has 13 heavy (non-hydrogen) atoms. The van der Waals surface area contributed by atoms with Crippen molar-refractivity contribution in [1.82, 2.24) is 4.98 Å². The number of carbonyl (C=O) groups is 1. The Kier molecular flexibility index (Phi) is 3.58. The molecule has 1 atom stereocenters. The molecule has 2 N–H and O–H groups in total. The lowest BCUT2D eigenvalue weighted by Crippen LogP contribution is -2.32. The van der Waals surface area contributed by atoms with E-state index in [1.807, 2.05) is 25.1 Å². The molecule has 0 aliphatic heterocycles. The second-order valence-electron chi connectivity index (χ2n) is 2.95. The van der Waals surface area contributed by atoms with Gasteiger partial charge in [-0.15, -0.1) is 0 Å². The number of carbonyl (C=O) groups excluding carboxylic acids is 1. The Morgan fingerprint density at radius 1 is 1.62 bits per heavy atom. The molecule has 0 aliphatic rings. The Morgan fingerprint density at radius 2 is 2.38 bits per heavy atom. The molecular weight excluding hydrogens is 164 g/mol. The molecule has 1 aromatic heterocycles. The molecular formula is C10H14N2O.